The molecule has 2 aliphatic rings. The number of carbonyl (C=O) groups is 2. The summed E-state index contributed by atoms with van der Waals surface area (Å²) >= 11 is 0. The second kappa shape index (κ2) is 8.53. The molecule has 0 unspecified atom stereocenters. The standard InChI is InChI=1S/C23H24N6O4/c30-20(14-12-18-19(24-13-14)29(17-6-7-17)23(33)27-21(18)31)25-16-8-10-28(11-9-16)22(32)26-15-4-2-1-3-5-15/h1-5,12-13,16-17H,6-11H2,(H,25,30)(H,26,32)(H,27,31,33). The number of hydrogen-bond acceptors (Lipinski definition) is 5. The lowest BCUT2D eigenvalue weighted by Crippen LogP contribution is -2.47. The number of amides is 3. The number of benzene rings is 1. The molecule has 2 aromatic heterocycles. The molecule has 0 spiro atoms. The van der Waals surface area contributed by atoms with Crippen LogP contribution in [0.15, 0.2) is 52.2 Å². The molecule has 3 N–H and O–H groups in total. The van der Waals surface area contributed by atoms with Crippen LogP contribution in [-0.2, 0) is 0 Å². The zero-order valence-electron chi connectivity index (χ0n) is 17.9. The van der Waals surface area contributed by atoms with E-state index in [2.05, 4.69) is 20.6 Å². The molecule has 170 valence electrons. The summed E-state index contributed by atoms with van der Waals surface area (Å²) in [6.07, 6.45) is 4.38. The molecule has 0 radical (unpaired) electrons. The topological polar surface area (TPSA) is 129 Å². The van der Waals surface area contributed by atoms with Gasteiger partial charge in [-0.15, -0.1) is 0 Å². The number of aromatic amines is 1. The Hall–Kier alpha value is -3.95. The number of anilines is 1. The van der Waals surface area contributed by atoms with Crippen molar-refractivity contribution in [2.45, 2.75) is 37.8 Å². The maximum Gasteiger partial charge on any atom is 0.330 e. The van der Waals surface area contributed by atoms with E-state index in [4.69, 9.17) is 0 Å². The molecule has 3 aromatic rings. The highest BCUT2D eigenvalue weighted by Crippen LogP contribution is 2.34. The van der Waals surface area contributed by atoms with Crippen LogP contribution in [0.4, 0.5) is 10.5 Å². The van der Waals surface area contributed by atoms with Gasteiger partial charge in [0, 0.05) is 37.1 Å². The van der Waals surface area contributed by atoms with Crippen LogP contribution in [0.1, 0.15) is 42.1 Å². The normalized spacial score (nSPS) is 16.5. The molecule has 0 bridgehead atoms. The summed E-state index contributed by atoms with van der Waals surface area (Å²) < 4.78 is 1.49. The van der Waals surface area contributed by atoms with Crippen molar-refractivity contribution in [1.82, 2.24) is 24.8 Å². The Labute approximate surface area is 188 Å². The summed E-state index contributed by atoms with van der Waals surface area (Å²) in [6, 6.07) is 10.5. The van der Waals surface area contributed by atoms with E-state index in [-0.39, 0.29) is 35.0 Å². The number of para-hydroxylation sites is 1. The van der Waals surface area contributed by atoms with Crippen LogP contribution in [0.2, 0.25) is 0 Å². The van der Waals surface area contributed by atoms with Crippen molar-refractivity contribution in [1.29, 1.82) is 0 Å². The van der Waals surface area contributed by atoms with Crippen LogP contribution in [0.25, 0.3) is 11.0 Å². The molecule has 5 rings (SSSR count). The second-order valence-electron chi connectivity index (χ2n) is 8.49. The number of carbonyl (C=O) groups excluding carboxylic acids is 2. The summed E-state index contributed by atoms with van der Waals surface area (Å²) in [5.41, 5.74) is 0.289. The first kappa shape index (κ1) is 20.9. The highest BCUT2D eigenvalue weighted by Gasteiger charge is 2.28. The van der Waals surface area contributed by atoms with E-state index >= 15 is 0 Å². The zero-order chi connectivity index (χ0) is 22.9. The minimum Gasteiger partial charge on any atom is -0.349 e. The quantitative estimate of drug-likeness (QED) is 0.561. The number of nitrogens with one attached hydrogen (secondary N) is 3. The molecular formula is C23H24N6O4. The van der Waals surface area contributed by atoms with Crippen LogP contribution in [0.5, 0.6) is 0 Å². The first-order valence-electron chi connectivity index (χ1n) is 11.1. The van der Waals surface area contributed by atoms with Crippen molar-refractivity contribution in [3.63, 3.8) is 0 Å². The number of urea groups is 1. The SMILES string of the molecule is O=C(NC1CCN(C(=O)Nc2ccccc2)CC1)c1cnc2c(c1)c(=O)[nH]c(=O)n2C1CC1. The smallest absolute Gasteiger partial charge is 0.330 e. The molecule has 1 aromatic carbocycles. The van der Waals surface area contributed by atoms with Crippen molar-refractivity contribution in [3.8, 4) is 0 Å². The van der Waals surface area contributed by atoms with Crippen LogP contribution in [0, 0.1) is 0 Å². The van der Waals surface area contributed by atoms with Gasteiger partial charge in [-0.25, -0.2) is 14.6 Å². The summed E-state index contributed by atoms with van der Waals surface area (Å²) in [6.45, 7) is 1.04. The predicted molar refractivity (Wildman–Crippen MR) is 122 cm³/mol. The van der Waals surface area contributed by atoms with E-state index in [0.717, 1.165) is 18.5 Å². The van der Waals surface area contributed by atoms with Crippen molar-refractivity contribution >= 4 is 28.7 Å². The lowest BCUT2D eigenvalue weighted by Gasteiger charge is -2.32. The highest BCUT2D eigenvalue weighted by atomic mass is 16.2. The molecule has 3 amide bonds. The molecule has 1 aliphatic carbocycles. The van der Waals surface area contributed by atoms with Gasteiger partial charge >= 0.3 is 11.7 Å². The number of hydrogen-bond donors (Lipinski definition) is 3. The van der Waals surface area contributed by atoms with E-state index in [1.807, 2.05) is 30.3 Å². The van der Waals surface area contributed by atoms with Crippen molar-refractivity contribution in [2.75, 3.05) is 18.4 Å². The fraction of sp³-hybridized carbons (Fsp3) is 0.348. The number of fused-ring (bicyclic) bond motifs is 1. The lowest BCUT2D eigenvalue weighted by molar-refractivity contribution is 0.0919. The Morgan fingerprint density at radius 2 is 1.76 bits per heavy atom. The number of piperidine rings is 1. The molecule has 0 atom stereocenters. The highest BCUT2D eigenvalue weighted by molar-refractivity contribution is 5.97. The Morgan fingerprint density at radius 1 is 1.03 bits per heavy atom. The number of pyridine rings is 1. The summed E-state index contributed by atoms with van der Waals surface area (Å²) in [5.74, 6) is -0.333. The third-order valence-corrected chi connectivity index (χ3v) is 6.10. The first-order chi connectivity index (χ1) is 16.0. The fourth-order valence-corrected chi connectivity index (χ4v) is 4.15. The third kappa shape index (κ3) is 4.36. The van der Waals surface area contributed by atoms with Gasteiger partial charge in [0.25, 0.3) is 11.5 Å². The average molecular weight is 448 g/mol. The lowest BCUT2D eigenvalue weighted by atomic mass is 10.0. The largest absolute Gasteiger partial charge is 0.349 e. The fourth-order valence-electron chi connectivity index (χ4n) is 4.15. The van der Waals surface area contributed by atoms with E-state index < -0.39 is 11.2 Å². The predicted octanol–water partition coefficient (Wildman–Crippen LogP) is 1.85. The maximum atomic E-state index is 12.8. The van der Waals surface area contributed by atoms with Gasteiger partial charge in [-0.1, -0.05) is 18.2 Å². The van der Waals surface area contributed by atoms with Gasteiger partial charge in [0.15, 0.2) is 0 Å². The number of aromatic nitrogens is 3. The van der Waals surface area contributed by atoms with Gasteiger partial charge in [0.1, 0.15) is 5.65 Å². The first-order valence-corrected chi connectivity index (χ1v) is 11.1. The Kier molecular flexibility index (Phi) is 5.41. The van der Waals surface area contributed by atoms with Crippen LogP contribution < -0.4 is 21.9 Å². The van der Waals surface area contributed by atoms with Gasteiger partial charge < -0.3 is 15.5 Å². The van der Waals surface area contributed by atoms with E-state index in [1.165, 1.54) is 16.8 Å². The summed E-state index contributed by atoms with van der Waals surface area (Å²) in [7, 11) is 0. The monoisotopic (exact) mass is 448 g/mol. The molecule has 10 nitrogen and oxygen atoms in total. The van der Waals surface area contributed by atoms with Crippen molar-refractivity contribution in [2.24, 2.45) is 0 Å². The molecule has 1 aliphatic heterocycles. The van der Waals surface area contributed by atoms with Crippen molar-refractivity contribution in [3.05, 3.63) is 69.0 Å². The minimum atomic E-state index is -0.549. The van der Waals surface area contributed by atoms with Crippen LogP contribution in [-0.4, -0.2) is 50.5 Å². The second-order valence-corrected chi connectivity index (χ2v) is 8.49. The zero-order valence-corrected chi connectivity index (χ0v) is 17.9. The van der Waals surface area contributed by atoms with Gasteiger partial charge in [-0.2, -0.15) is 0 Å². The number of H-pyrrole nitrogens is 1. The number of likely N-dealkylation sites (tertiary alicyclic amines) is 1. The molecule has 1 saturated heterocycles. The maximum absolute atomic E-state index is 12.8. The van der Waals surface area contributed by atoms with Crippen molar-refractivity contribution < 1.29 is 9.59 Å². The van der Waals surface area contributed by atoms with Gasteiger partial charge in [0.2, 0.25) is 0 Å². The Bertz CT molecular complexity index is 1320. The van der Waals surface area contributed by atoms with Crippen LogP contribution >= 0.6 is 0 Å². The van der Waals surface area contributed by atoms with E-state index in [9.17, 15) is 19.2 Å². The summed E-state index contributed by atoms with van der Waals surface area (Å²) in [5, 5.41) is 6.07. The average Bonchev–Trinajstić information content (AvgIpc) is 3.65. The third-order valence-electron chi connectivity index (χ3n) is 6.10. The molecule has 2 fully saturated rings. The molecule has 33 heavy (non-hydrogen) atoms. The molecule has 10 heteroatoms. The minimum absolute atomic E-state index is 0.0494. The Morgan fingerprint density at radius 3 is 2.45 bits per heavy atom. The van der Waals surface area contributed by atoms with E-state index in [0.29, 0.717) is 31.6 Å². The molecule has 3 heterocycles. The number of rotatable bonds is 4. The molecular weight excluding hydrogens is 424 g/mol. The molecule has 1 saturated carbocycles. The van der Waals surface area contributed by atoms with Gasteiger partial charge in [0.05, 0.1) is 10.9 Å². The van der Waals surface area contributed by atoms with Crippen LogP contribution in [0.3, 0.4) is 0 Å². The van der Waals surface area contributed by atoms with Gasteiger partial charge in [-0.05, 0) is 43.9 Å². The Balaban J connectivity index is 1.23. The van der Waals surface area contributed by atoms with E-state index in [1.54, 1.807) is 4.90 Å². The summed E-state index contributed by atoms with van der Waals surface area (Å²) in [4.78, 5) is 58.0. The van der Waals surface area contributed by atoms with Gasteiger partial charge in [-0.3, -0.25) is 19.1 Å². The number of nitrogens with zero attached hydrogens (tertiary/aromatic N) is 3.